The molecule has 0 spiro atoms. The normalized spacial score (nSPS) is 10.4. The Kier molecular flexibility index (Phi) is 2.27. The largest absolute Gasteiger partial charge is 0.300 e. The lowest BCUT2D eigenvalue weighted by atomic mass is 10.0. The predicted octanol–water partition coefficient (Wildman–Crippen LogP) is 2.37. The van der Waals surface area contributed by atoms with Gasteiger partial charge < -0.3 is 0 Å². The zero-order valence-electron chi connectivity index (χ0n) is 8.03. The van der Waals surface area contributed by atoms with Crippen LogP contribution in [0.5, 0.6) is 0 Å². The number of rotatable bonds is 2. The van der Waals surface area contributed by atoms with Gasteiger partial charge in [0.2, 0.25) is 0 Å². The Hall–Kier alpha value is -1.70. The van der Waals surface area contributed by atoms with Crippen LogP contribution in [0.4, 0.5) is 0 Å². The van der Waals surface area contributed by atoms with Crippen molar-refractivity contribution >= 4 is 16.6 Å². The highest BCUT2D eigenvalue weighted by molar-refractivity contribution is 5.89. The molecule has 2 nitrogen and oxygen atoms in total. The number of carbonyl (C=O) groups excluding carboxylic acids is 1. The van der Waals surface area contributed by atoms with Gasteiger partial charge in [0.15, 0.2) is 0 Å². The first kappa shape index (κ1) is 8.88. The minimum atomic E-state index is 0.189. The number of aromatic nitrogens is 1. The third kappa shape index (κ3) is 1.64. The number of ketones is 1. The van der Waals surface area contributed by atoms with E-state index in [-0.39, 0.29) is 5.78 Å². The van der Waals surface area contributed by atoms with E-state index < -0.39 is 0 Å². The average Bonchev–Trinajstić information content (AvgIpc) is 2.18. The van der Waals surface area contributed by atoms with Crippen molar-refractivity contribution in [2.45, 2.75) is 13.3 Å². The molecule has 1 aromatic heterocycles. The molecule has 0 atom stereocenters. The number of hydrogen-bond acceptors (Lipinski definition) is 2. The number of hydrogen-bond donors (Lipinski definition) is 0. The highest BCUT2D eigenvalue weighted by atomic mass is 16.1. The fraction of sp³-hybridized carbons (Fsp3) is 0.167. The predicted molar refractivity (Wildman–Crippen MR) is 56.1 cm³/mol. The third-order valence-electron chi connectivity index (χ3n) is 2.21. The molecule has 0 aliphatic rings. The molecule has 14 heavy (non-hydrogen) atoms. The first-order chi connectivity index (χ1) is 6.77. The van der Waals surface area contributed by atoms with Gasteiger partial charge >= 0.3 is 0 Å². The summed E-state index contributed by atoms with van der Waals surface area (Å²) in [5, 5.41) is 2.21. The summed E-state index contributed by atoms with van der Waals surface area (Å²) in [4.78, 5) is 15.1. The van der Waals surface area contributed by atoms with Crippen LogP contribution in [-0.4, -0.2) is 10.8 Å². The number of benzene rings is 1. The van der Waals surface area contributed by atoms with E-state index in [1.54, 1.807) is 13.1 Å². The van der Waals surface area contributed by atoms with E-state index >= 15 is 0 Å². The lowest BCUT2D eigenvalue weighted by molar-refractivity contribution is -0.116. The molecule has 0 saturated carbocycles. The molecule has 0 saturated heterocycles. The second kappa shape index (κ2) is 3.58. The fourth-order valence-electron chi connectivity index (χ4n) is 1.61. The van der Waals surface area contributed by atoms with Gasteiger partial charge in [0, 0.05) is 24.2 Å². The zero-order chi connectivity index (χ0) is 9.97. The van der Waals surface area contributed by atoms with Crippen LogP contribution in [0, 0.1) is 0 Å². The molecule has 0 aliphatic heterocycles. The molecule has 0 N–H and O–H groups in total. The first-order valence-electron chi connectivity index (χ1n) is 4.58. The number of pyridine rings is 1. The van der Waals surface area contributed by atoms with Gasteiger partial charge in [-0.3, -0.25) is 9.78 Å². The lowest BCUT2D eigenvalue weighted by Crippen LogP contribution is -1.96. The summed E-state index contributed by atoms with van der Waals surface area (Å²) in [5.74, 6) is 0.189. The van der Waals surface area contributed by atoms with Crippen LogP contribution in [0.25, 0.3) is 10.8 Å². The molecule has 0 amide bonds. The van der Waals surface area contributed by atoms with E-state index in [0.29, 0.717) is 6.42 Å². The monoisotopic (exact) mass is 185 g/mol. The molecule has 0 unspecified atom stereocenters. The maximum absolute atomic E-state index is 11.0. The van der Waals surface area contributed by atoms with Crippen LogP contribution in [0.2, 0.25) is 0 Å². The van der Waals surface area contributed by atoms with E-state index in [0.717, 1.165) is 16.3 Å². The van der Waals surface area contributed by atoms with Crippen LogP contribution < -0.4 is 0 Å². The summed E-state index contributed by atoms with van der Waals surface area (Å²) in [6.45, 7) is 1.61. The summed E-state index contributed by atoms with van der Waals surface area (Å²) >= 11 is 0. The van der Waals surface area contributed by atoms with Crippen molar-refractivity contribution in [3.8, 4) is 0 Å². The molecular formula is C12H11NO. The van der Waals surface area contributed by atoms with Gasteiger partial charge in [0.05, 0.1) is 0 Å². The molecule has 1 heterocycles. The number of carbonyl (C=O) groups is 1. The van der Waals surface area contributed by atoms with E-state index in [4.69, 9.17) is 0 Å². The molecule has 0 radical (unpaired) electrons. The molecule has 70 valence electrons. The highest BCUT2D eigenvalue weighted by Crippen LogP contribution is 2.17. The van der Waals surface area contributed by atoms with Crippen LogP contribution in [-0.2, 0) is 11.2 Å². The second-order valence-electron chi connectivity index (χ2n) is 3.39. The summed E-state index contributed by atoms with van der Waals surface area (Å²) < 4.78 is 0. The van der Waals surface area contributed by atoms with Crippen molar-refractivity contribution in [1.29, 1.82) is 0 Å². The van der Waals surface area contributed by atoms with Gasteiger partial charge in [-0.25, -0.2) is 0 Å². The Bertz CT molecular complexity index is 471. The van der Waals surface area contributed by atoms with Gasteiger partial charge in [-0.05, 0) is 23.9 Å². The Morgan fingerprint density at radius 3 is 3.00 bits per heavy atom. The molecule has 0 bridgehead atoms. The Balaban J connectivity index is 2.59. The highest BCUT2D eigenvalue weighted by Gasteiger charge is 2.02. The SMILES string of the molecule is CC(=O)Cc1cccc2cnccc12. The lowest BCUT2D eigenvalue weighted by Gasteiger charge is -2.03. The van der Waals surface area contributed by atoms with Crippen LogP contribution in [0.1, 0.15) is 12.5 Å². The van der Waals surface area contributed by atoms with Crippen molar-refractivity contribution in [2.75, 3.05) is 0 Å². The van der Waals surface area contributed by atoms with Gasteiger partial charge in [0.25, 0.3) is 0 Å². The quantitative estimate of drug-likeness (QED) is 0.719. The van der Waals surface area contributed by atoms with Gasteiger partial charge in [0.1, 0.15) is 5.78 Å². The zero-order valence-corrected chi connectivity index (χ0v) is 8.03. The average molecular weight is 185 g/mol. The smallest absolute Gasteiger partial charge is 0.134 e. The Morgan fingerprint density at radius 1 is 1.36 bits per heavy atom. The standard InChI is InChI=1S/C12H11NO/c1-9(14)7-10-3-2-4-11-8-13-6-5-12(10)11/h2-6,8H,7H2,1H3. The van der Waals surface area contributed by atoms with E-state index in [2.05, 4.69) is 4.98 Å². The van der Waals surface area contributed by atoms with Gasteiger partial charge in [-0.1, -0.05) is 18.2 Å². The van der Waals surface area contributed by atoms with Crippen LogP contribution >= 0.6 is 0 Å². The number of Topliss-reactive ketones (excluding diaryl/α,β-unsaturated/α-hetero) is 1. The minimum absolute atomic E-state index is 0.189. The maximum atomic E-state index is 11.0. The Morgan fingerprint density at radius 2 is 2.21 bits per heavy atom. The molecule has 0 fully saturated rings. The molecular weight excluding hydrogens is 174 g/mol. The maximum Gasteiger partial charge on any atom is 0.134 e. The van der Waals surface area contributed by atoms with Crippen molar-refractivity contribution in [3.05, 3.63) is 42.2 Å². The molecule has 0 aliphatic carbocycles. The van der Waals surface area contributed by atoms with Crippen molar-refractivity contribution in [1.82, 2.24) is 4.98 Å². The van der Waals surface area contributed by atoms with Crippen molar-refractivity contribution in [2.24, 2.45) is 0 Å². The summed E-state index contributed by atoms with van der Waals surface area (Å²) in [7, 11) is 0. The van der Waals surface area contributed by atoms with E-state index in [1.807, 2.05) is 30.5 Å². The number of fused-ring (bicyclic) bond motifs is 1. The van der Waals surface area contributed by atoms with E-state index in [9.17, 15) is 4.79 Å². The van der Waals surface area contributed by atoms with Crippen molar-refractivity contribution in [3.63, 3.8) is 0 Å². The van der Waals surface area contributed by atoms with Crippen LogP contribution in [0.15, 0.2) is 36.7 Å². The summed E-state index contributed by atoms with van der Waals surface area (Å²) in [5.41, 5.74) is 1.08. The second-order valence-corrected chi connectivity index (χ2v) is 3.39. The summed E-state index contributed by atoms with van der Waals surface area (Å²) in [6.07, 6.45) is 4.08. The molecule has 2 heteroatoms. The van der Waals surface area contributed by atoms with E-state index in [1.165, 1.54) is 0 Å². The van der Waals surface area contributed by atoms with Crippen molar-refractivity contribution < 1.29 is 4.79 Å². The fourth-order valence-corrected chi connectivity index (χ4v) is 1.61. The Labute approximate surface area is 82.6 Å². The molecule has 2 rings (SSSR count). The first-order valence-corrected chi connectivity index (χ1v) is 4.58. The molecule has 1 aromatic carbocycles. The van der Waals surface area contributed by atoms with Crippen LogP contribution in [0.3, 0.4) is 0 Å². The number of nitrogens with zero attached hydrogens (tertiary/aromatic N) is 1. The molecule has 2 aromatic rings. The third-order valence-corrected chi connectivity index (χ3v) is 2.21. The summed E-state index contributed by atoms with van der Waals surface area (Å²) in [6, 6.07) is 7.91. The van der Waals surface area contributed by atoms with Gasteiger partial charge in [-0.15, -0.1) is 0 Å². The van der Waals surface area contributed by atoms with Gasteiger partial charge in [-0.2, -0.15) is 0 Å². The topological polar surface area (TPSA) is 30.0 Å². The minimum Gasteiger partial charge on any atom is -0.300 e.